The standard InChI is InChI=1S/C11H6F7N/c1-5-8(11(16,17)18)6(2-3-10(13,14)15)4-7(19)9(5)12/h4H,19H2,1H3. The third kappa shape index (κ3) is 3.53. The summed E-state index contributed by atoms with van der Waals surface area (Å²) in [5.74, 6) is 0.695. The number of benzene rings is 1. The number of alkyl halides is 6. The molecule has 0 aliphatic carbocycles. The molecule has 0 aliphatic rings. The van der Waals surface area contributed by atoms with E-state index in [-0.39, 0.29) is 0 Å². The fraction of sp³-hybridized carbons (Fsp3) is 0.273. The van der Waals surface area contributed by atoms with Gasteiger partial charge in [-0.15, -0.1) is 0 Å². The van der Waals surface area contributed by atoms with E-state index in [0.29, 0.717) is 12.0 Å². The first-order valence-corrected chi connectivity index (χ1v) is 4.69. The highest BCUT2D eigenvalue weighted by Crippen LogP contribution is 2.37. The van der Waals surface area contributed by atoms with Crippen LogP contribution in [-0.4, -0.2) is 6.18 Å². The topological polar surface area (TPSA) is 26.0 Å². The normalized spacial score (nSPS) is 12.0. The Morgan fingerprint density at radius 1 is 1.11 bits per heavy atom. The zero-order valence-electron chi connectivity index (χ0n) is 9.30. The predicted molar refractivity (Wildman–Crippen MR) is 53.5 cm³/mol. The molecule has 0 aromatic heterocycles. The van der Waals surface area contributed by atoms with Gasteiger partial charge < -0.3 is 5.73 Å². The molecule has 8 heteroatoms. The SMILES string of the molecule is Cc1c(F)c(N)cc(C#CC(F)(F)F)c1C(F)(F)F. The van der Waals surface area contributed by atoms with Gasteiger partial charge in [-0.25, -0.2) is 4.39 Å². The number of nitrogen functional groups attached to an aromatic ring is 1. The molecule has 1 nitrogen and oxygen atoms in total. The van der Waals surface area contributed by atoms with Crippen molar-refractivity contribution in [1.82, 2.24) is 0 Å². The molecule has 0 amide bonds. The molecule has 2 N–H and O–H groups in total. The van der Waals surface area contributed by atoms with Crippen LogP contribution in [0.4, 0.5) is 36.4 Å². The average Bonchev–Trinajstić information content (AvgIpc) is 2.19. The van der Waals surface area contributed by atoms with Crippen LogP contribution in [0.25, 0.3) is 0 Å². The third-order valence-electron chi connectivity index (χ3n) is 2.15. The fourth-order valence-electron chi connectivity index (χ4n) is 1.42. The Bertz CT molecular complexity index is 558. The monoisotopic (exact) mass is 285 g/mol. The summed E-state index contributed by atoms with van der Waals surface area (Å²) in [6.45, 7) is 0.771. The molecule has 1 aromatic rings. The Labute approximate surface area is 103 Å². The minimum Gasteiger partial charge on any atom is -0.396 e. The van der Waals surface area contributed by atoms with E-state index in [1.54, 1.807) is 0 Å². The third-order valence-corrected chi connectivity index (χ3v) is 2.15. The fourth-order valence-corrected chi connectivity index (χ4v) is 1.42. The summed E-state index contributed by atoms with van der Waals surface area (Å²) in [5.41, 5.74) is 0.922. The zero-order chi connectivity index (χ0) is 15.0. The lowest BCUT2D eigenvalue weighted by Gasteiger charge is -2.14. The smallest absolute Gasteiger partial charge is 0.396 e. The molecule has 19 heavy (non-hydrogen) atoms. The van der Waals surface area contributed by atoms with Crippen molar-refractivity contribution in [1.29, 1.82) is 0 Å². The first-order chi connectivity index (χ1) is 8.43. The highest BCUT2D eigenvalue weighted by Gasteiger charge is 2.37. The number of nitrogens with two attached hydrogens (primary N) is 1. The Morgan fingerprint density at radius 3 is 2.05 bits per heavy atom. The van der Waals surface area contributed by atoms with E-state index >= 15 is 0 Å². The van der Waals surface area contributed by atoms with Gasteiger partial charge in [0.25, 0.3) is 0 Å². The second-order valence-electron chi connectivity index (χ2n) is 3.57. The van der Waals surface area contributed by atoms with E-state index in [9.17, 15) is 30.7 Å². The van der Waals surface area contributed by atoms with Gasteiger partial charge >= 0.3 is 12.4 Å². The van der Waals surface area contributed by atoms with Crippen LogP contribution in [-0.2, 0) is 6.18 Å². The van der Waals surface area contributed by atoms with Gasteiger partial charge in [-0.1, -0.05) is 5.92 Å². The highest BCUT2D eigenvalue weighted by molar-refractivity contribution is 5.57. The first kappa shape index (κ1) is 15.1. The Balaban J connectivity index is 3.59. The van der Waals surface area contributed by atoms with Crippen LogP contribution < -0.4 is 5.73 Å². The van der Waals surface area contributed by atoms with Crippen LogP contribution in [0.3, 0.4) is 0 Å². The average molecular weight is 285 g/mol. The van der Waals surface area contributed by atoms with Crippen molar-refractivity contribution in [3.8, 4) is 11.8 Å². The number of hydrogen-bond donors (Lipinski definition) is 1. The molecule has 0 heterocycles. The summed E-state index contributed by atoms with van der Waals surface area (Å²) in [4.78, 5) is 0. The number of hydrogen-bond acceptors (Lipinski definition) is 1. The molecule has 0 unspecified atom stereocenters. The molecule has 0 radical (unpaired) electrons. The van der Waals surface area contributed by atoms with Gasteiger partial charge in [-0.2, -0.15) is 26.3 Å². The maximum atomic E-state index is 13.3. The van der Waals surface area contributed by atoms with Gasteiger partial charge in [-0.3, -0.25) is 0 Å². The van der Waals surface area contributed by atoms with E-state index < -0.39 is 40.5 Å². The van der Waals surface area contributed by atoms with Gasteiger partial charge in [-0.05, 0) is 13.0 Å². The van der Waals surface area contributed by atoms with E-state index in [1.807, 2.05) is 0 Å². The Kier molecular flexibility index (Phi) is 3.70. The number of rotatable bonds is 0. The first-order valence-electron chi connectivity index (χ1n) is 4.69. The van der Waals surface area contributed by atoms with Crippen LogP contribution in [0.15, 0.2) is 6.07 Å². The molecule has 0 aliphatic heterocycles. The van der Waals surface area contributed by atoms with Crippen molar-refractivity contribution in [3.05, 3.63) is 28.6 Å². The lowest BCUT2D eigenvalue weighted by atomic mass is 9.99. The van der Waals surface area contributed by atoms with Crippen molar-refractivity contribution >= 4 is 5.69 Å². The van der Waals surface area contributed by atoms with Gasteiger partial charge in [0.15, 0.2) is 0 Å². The molecular formula is C11H6F7N. The van der Waals surface area contributed by atoms with Crippen molar-refractivity contribution in [2.24, 2.45) is 0 Å². The van der Waals surface area contributed by atoms with Crippen LogP contribution >= 0.6 is 0 Å². The van der Waals surface area contributed by atoms with Crippen molar-refractivity contribution in [2.75, 3.05) is 5.73 Å². The minimum atomic E-state index is -5.03. The van der Waals surface area contributed by atoms with E-state index in [2.05, 4.69) is 0 Å². The summed E-state index contributed by atoms with van der Waals surface area (Å²) in [7, 11) is 0. The second kappa shape index (κ2) is 4.64. The van der Waals surface area contributed by atoms with E-state index in [1.165, 1.54) is 5.92 Å². The van der Waals surface area contributed by atoms with Crippen molar-refractivity contribution in [3.63, 3.8) is 0 Å². The summed E-state index contributed by atoms with van der Waals surface area (Å²) in [6.07, 6.45) is -9.99. The predicted octanol–water partition coefficient (Wildman–Crippen LogP) is 3.65. The van der Waals surface area contributed by atoms with E-state index in [0.717, 1.165) is 6.92 Å². The second-order valence-corrected chi connectivity index (χ2v) is 3.57. The molecule has 1 aromatic carbocycles. The quantitative estimate of drug-likeness (QED) is 0.439. The summed E-state index contributed by atoms with van der Waals surface area (Å²) in [6, 6.07) is 0.434. The minimum absolute atomic E-state index is 0.434. The van der Waals surface area contributed by atoms with Gasteiger partial charge in [0.05, 0.1) is 11.3 Å². The lowest BCUT2D eigenvalue weighted by molar-refractivity contribution is -0.138. The van der Waals surface area contributed by atoms with Gasteiger partial charge in [0.1, 0.15) is 5.82 Å². The molecule has 1 rings (SSSR count). The molecule has 0 saturated carbocycles. The Hall–Kier alpha value is -1.91. The van der Waals surface area contributed by atoms with Gasteiger partial charge in [0.2, 0.25) is 0 Å². The number of halogens is 7. The highest BCUT2D eigenvalue weighted by atomic mass is 19.4. The van der Waals surface area contributed by atoms with Crippen LogP contribution in [0.2, 0.25) is 0 Å². The van der Waals surface area contributed by atoms with Crippen LogP contribution in [0, 0.1) is 24.6 Å². The van der Waals surface area contributed by atoms with Crippen molar-refractivity contribution < 1.29 is 30.7 Å². The Morgan fingerprint density at radius 2 is 1.63 bits per heavy atom. The maximum Gasteiger partial charge on any atom is 0.458 e. The molecule has 0 saturated heterocycles. The van der Waals surface area contributed by atoms with Gasteiger partial charge in [0, 0.05) is 17.0 Å². The van der Waals surface area contributed by atoms with E-state index in [4.69, 9.17) is 5.73 Å². The lowest BCUT2D eigenvalue weighted by Crippen LogP contribution is -2.13. The molecular weight excluding hydrogens is 279 g/mol. The molecule has 0 spiro atoms. The summed E-state index contributed by atoms with van der Waals surface area (Å²) < 4.78 is 87.0. The zero-order valence-corrected chi connectivity index (χ0v) is 9.30. The van der Waals surface area contributed by atoms with Crippen LogP contribution in [0.1, 0.15) is 16.7 Å². The summed E-state index contributed by atoms with van der Waals surface area (Å²) >= 11 is 0. The molecule has 0 atom stereocenters. The summed E-state index contributed by atoms with van der Waals surface area (Å²) in [5, 5.41) is 0. The largest absolute Gasteiger partial charge is 0.458 e. The molecule has 0 bridgehead atoms. The van der Waals surface area contributed by atoms with Crippen molar-refractivity contribution in [2.45, 2.75) is 19.3 Å². The molecule has 0 fully saturated rings. The maximum absolute atomic E-state index is 13.3. The van der Waals surface area contributed by atoms with Crippen LogP contribution in [0.5, 0.6) is 0 Å². The molecule has 104 valence electrons. The number of anilines is 1.